The zero-order valence-corrected chi connectivity index (χ0v) is 13.3. The van der Waals surface area contributed by atoms with Gasteiger partial charge >= 0.3 is 0 Å². The Balaban J connectivity index is 3.25. The molecule has 1 unspecified atom stereocenters. The van der Waals surface area contributed by atoms with Crippen LogP contribution in [0.4, 0.5) is 0 Å². The fourth-order valence-corrected chi connectivity index (χ4v) is 2.56. The minimum absolute atomic E-state index is 0.0131. The van der Waals surface area contributed by atoms with Gasteiger partial charge in [0.05, 0.1) is 13.8 Å². The molecule has 0 amide bonds. The largest absolute Gasteiger partial charge is 0.493 e. The molecular formula is C12H21NO3SSi. The molecule has 1 atom stereocenters. The van der Waals surface area contributed by atoms with Gasteiger partial charge in [-0.2, -0.15) is 0 Å². The summed E-state index contributed by atoms with van der Waals surface area (Å²) in [7, 11) is -5.26. The molecule has 0 fully saturated rings. The lowest BCUT2D eigenvalue weighted by Crippen LogP contribution is -2.40. The van der Waals surface area contributed by atoms with Crippen LogP contribution in [0.3, 0.4) is 0 Å². The van der Waals surface area contributed by atoms with Crippen LogP contribution in [0.2, 0.25) is 19.6 Å². The molecule has 18 heavy (non-hydrogen) atoms. The van der Waals surface area contributed by atoms with Crippen molar-refractivity contribution in [3.05, 3.63) is 23.8 Å². The Morgan fingerprint density at radius 2 is 1.83 bits per heavy atom. The molecule has 4 nitrogen and oxygen atoms in total. The second kappa shape index (κ2) is 5.03. The van der Waals surface area contributed by atoms with Gasteiger partial charge in [-0.15, -0.1) is 0 Å². The van der Waals surface area contributed by atoms with Gasteiger partial charge in [0.1, 0.15) is 10.6 Å². The van der Waals surface area contributed by atoms with Crippen molar-refractivity contribution in [1.82, 2.24) is 0 Å². The van der Waals surface area contributed by atoms with E-state index in [9.17, 15) is 8.42 Å². The standard InChI is InChI=1S/C12H21NO3SSi/c1-9-7-6-8-11(17(13,14)15)12(9)16-10(2)18(3,4)5/h6-8,10H,1-5H3,(H2,13,14,15). The van der Waals surface area contributed by atoms with Crippen molar-refractivity contribution < 1.29 is 13.2 Å². The predicted molar refractivity (Wildman–Crippen MR) is 76.0 cm³/mol. The highest BCUT2D eigenvalue weighted by atomic mass is 32.2. The fraction of sp³-hybridized carbons (Fsp3) is 0.500. The topological polar surface area (TPSA) is 69.4 Å². The van der Waals surface area contributed by atoms with Gasteiger partial charge in [-0.05, 0) is 25.5 Å². The average Bonchev–Trinajstić information content (AvgIpc) is 2.17. The summed E-state index contributed by atoms with van der Waals surface area (Å²) in [4.78, 5) is 0.0626. The summed E-state index contributed by atoms with van der Waals surface area (Å²) in [6.07, 6.45) is 0. The van der Waals surface area contributed by atoms with Crippen molar-refractivity contribution >= 4 is 18.1 Å². The molecule has 1 aromatic carbocycles. The van der Waals surface area contributed by atoms with Gasteiger partial charge in [0, 0.05) is 0 Å². The second-order valence-corrected chi connectivity index (χ2v) is 12.6. The average molecular weight is 287 g/mol. The first kappa shape index (κ1) is 15.2. The van der Waals surface area contributed by atoms with Crippen molar-refractivity contribution in [2.24, 2.45) is 5.14 Å². The maximum absolute atomic E-state index is 11.5. The third-order valence-corrected chi connectivity index (χ3v) is 6.49. The van der Waals surface area contributed by atoms with E-state index in [0.29, 0.717) is 5.75 Å². The maximum atomic E-state index is 11.5. The van der Waals surface area contributed by atoms with Crippen LogP contribution >= 0.6 is 0 Å². The first-order valence-electron chi connectivity index (χ1n) is 5.82. The van der Waals surface area contributed by atoms with Crippen molar-refractivity contribution in [3.63, 3.8) is 0 Å². The highest BCUT2D eigenvalue weighted by Crippen LogP contribution is 2.29. The smallest absolute Gasteiger partial charge is 0.241 e. The number of ether oxygens (including phenoxy) is 1. The van der Waals surface area contributed by atoms with Crippen LogP contribution < -0.4 is 9.88 Å². The van der Waals surface area contributed by atoms with Crippen LogP contribution in [0.1, 0.15) is 12.5 Å². The number of rotatable bonds is 4. The lowest BCUT2D eigenvalue weighted by molar-refractivity contribution is 0.279. The lowest BCUT2D eigenvalue weighted by Gasteiger charge is -2.27. The normalized spacial score (nSPS) is 14.3. The molecule has 0 spiro atoms. The highest BCUT2D eigenvalue weighted by molar-refractivity contribution is 7.89. The summed E-state index contributed by atoms with van der Waals surface area (Å²) in [5, 5.41) is 5.21. The molecule has 0 aliphatic heterocycles. The Labute approximate surface area is 110 Å². The van der Waals surface area contributed by atoms with Gasteiger partial charge < -0.3 is 4.74 Å². The van der Waals surface area contributed by atoms with Gasteiger partial charge in [-0.1, -0.05) is 31.8 Å². The molecular weight excluding hydrogens is 266 g/mol. The van der Waals surface area contributed by atoms with Crippen molar-refractivity contribution in [1.29, 1.82) is 0 Å². The molecule has 0 heterocycles. The van der Waals surface area contributed by atoms with Crippen LogP contribution in [0.15, 0.2) is 23.1 Å². The van der Waals surface area contributed by atoms with E-state index in [1.165, 1.54) is 6.07 Å². The van der Waals surface area contributed by atoms with Crippen molar-refractivity contribution in [2.75, 3.05) is 0 Å². The number of nitrogens with two attached hydrogens (primary N) is 1. The lowest BCUT2D eigenvalue weighted by atomic mass is 10.2. The van der Waals surface area contributed by atoms with E-state index >= 15 is 0 Å². The molecule has 0 bridgehead atoms. The number of sulfonamides is 1. The Hall–Kier alpha value is -0.853. The highest BCUT2D eigenvalue weighted by Gasteiger charge is 2.27. The summed E-state index contributed by atoms with van der Waals surface area (Å²) in [6.45, 7) is 10.3. The molecule has 0 saturated carbocycles. The predicted octanol–water partition coefficient (Wildman–Crippen LogP) is 2.29. The molecule has 102 valence electrons. The Morgan fingerprint density at radius 1 is 1.28 bits per heavy atom. The van der Waals surface area contributed by atoms with Gasteiger partial charge in [0.25, 0.3) is 0 Å². The zero-order chi connectivity index (χ0) is 14.1. The quantitative estimate of drug-likeness (QED) is 0.864. The molecule has 0 radical (unpaired) electrons. The molecule has 0 saturated heterocycles. The van der Waals surface area contributed by atoms with E-state index in [-0.39, 0.29) is 10.6 Å². The third-order valence-electron chi connectivity index (χ3n) is 3.00. The minimum atomic E-state index is -3.76. The fourth-order valence-electron chi connectivity index (χ4n) is 1.35. The zero-order valence-electron chi connectivity index (χ0n) is 11.5. The molecule has 1 aromatic rings. The molecule has 1 rings (SSSR count). The number of para-hydroxylation sites is 1. The summed E-state index contributed by atoms with van der Waals surface area (Å²) < 4.78 is 29.0. The van der Waals surface area contributed by atoms with E-state index < -0.39 is 18.1 Å². The second-order valence-electron chi connectivity index (χ2n) is 5.57. The van der Waals surface area contributed by atoms with Crippen LogP contribution in [-0.4, -0.2) is 22.2 Å². The third kappa shape index (κ3) is 3.57. The summed E-state index contributed by atoms with van der Waals surface area (Å²) in [5.74, 6) is 0.384. The first-order valence-corrected chi connectivity index (χ1v) is 10.9. The SMILES string of the molecule is Cc1cccc(S(N)(=O)=O)c1OC(C)[Si](C)(C)C. The van der Waals surface area contributed by atoms with Crippen molar-refractivity contribution in [3.8, 4) is 5.75 Å². The van der Waals surface area contributed by atoms with Crippen LogP contribution in [-0.2, 0) is 10.0 Å². The van der Waals surface area contributed by atoms with Gasteiger partial charge in [0.15, 0.2) is 0 Å². The van der Waals surface area contributed by atoms with Gasteiger partial charge in [-0.3, -0.25) is 0 Å². The summed E-state index contributed by atoms with van der Waals surface area (Å²) in [5.41, 5.74) is 0.797. The summed E-state index contributed by atoms with van der Waals surface area (Å²) in [6, 6.07) is 4.97. The number of benzene rings is 1. The van der Waals surface area contributed by atoms with Crippen molar-refractivity contribution in [2.45, 2.75) is 44.1 Å². The van der Waals surface area contributed by atoms with E-state index in [4.69, 9.17) is 9.88 Å². The first-order chi connectivity index (χ1) is 8.03. The van der Waals surface area contributed by atoms with E-state index in [0.717, 1.165) is 5.56 Å². The molecule has 6 heteroatoms. The van der Waals surface area contributed by atoms with Gasteiger partial charge in [-0.25, -0.2) is 13.6 Å². The Kier molecular flexibility index (Phi) is 4.25. The summed E-state index contributed by atoms with van der Waals surface area (Å²) >= 11 is 0. The van der Waals surface area contributed by atoms with E-state index in [1.54, 1.807) is 6.07 Å². The molecule has 0 aliphatic rings. The van der Waals surface area contributed by atoms with Crippen LogP contribution in [0.5, 0.6) is 5.75 Å². The minimum Gasteiger partial charge on any atom is -0.493 e. The van der Waals surface area contributed by atoms with E-state index in [1.807, 2.05) is 19.9 Å². The molecule has 0 aromatic heterocycles. The van der Waals surface area contributed by atoms with Crippen LogP contribution in [0, 0.1) is 6.92 Å². The number of hydrogen-bond acceptors (Lipinski definition) is 3. The molecule has 2 N–H and O–H groups in total. The number of primary sulfonamides is 1. The van der Waals surface area contributed by atoms with E-state index in [2.05, 4.69) is 19.6 Å². The number of hydrogen-bond donors (Lipinski definition) is 1. The monoisotopic (exact) mass is 287 g/mol. The maximum Gasteiger partial charge on any atom is 0.241 e. The Bertz CT molecular complexity index is 535. The number of aryl methyl sites for hydroxylation is 1. The van der Waals surface area contributed by atoms with Gasteiger partial charge in [0.2, 0.25) is 10.0 Å². The molecule has 0 aliphatic carbocycles. The Morgan fingerprint density at radius 3 is 2.28 bits per heavy atom. The van der Waals surface area contributed by atoms with Crippen LogP contribution in [0.25, 0.3) is 0 Å².